The number of nitrogens with two attached hydrogens (primary N) is 1. The number of piperidine rings is 1. The summed E-state index contributed by atoms with van der Waals surface area (Å²) in [6.45, 7) is 2.29. The standard InChI is InChI=1S/C20H29N3O2/c21-19(24)12-15-7-9-16(10-8-15)13-22-20(25)23-11-3-6-18(14-23)17-4-1-2-5-17/h7-10,17-18H,1-6,11-14H2,(H2,21,24)(H,22,25). The molecule has 1 unspecified atom stereocenters. The highest BCUT2D eigenvalue weighted by atomic mass is 16.2. The first-order chi connectivity index (χ1) is 12.1. The van der Waals surface area contributed by atoms with Crippen molar-refractivity contribution in [3.8, 4) is 0 Å². The molecule has 0 aromatic heterocycles. The maximum atomic E-state index is 12.5. The molecule has 3 rings (SSSR count). The van der Waals surface area contributed by atoms with Gasteiger partial charge in [0.15, 0.2) is 0 Å². The Bertz CT molecular complexity index is 593. The highest BCUT2D eigenvalue weighted by Gasteiger charge is 2.30. The van der Waals surface area contributed by atoms with Crippen LogP contribution in [0.5, 0.6) is 0 Å². The van der Waals surface area contributed by atoms with Crippen LogP contribution in [0.2, 0.25) is 0 Å². The molecule has 25 heavy (non-hydrogen) atoms. The van der Waals surface area contributed by atoms with E-state index in [2.05, 4.69) is 5.32 Å². The van der Waals surface area contributed by atoms with Crippen LogP contribution in [-0.4, -0.2) is 29.9 Å². The number of nitrogens with zero attached hydrogens (tertiary/aromatic N) is 1. The highest BCUT2D eigenvalue weighted by molar-refractivity contribution is 5.76. The van der Waals surface area contributed by atoms with Gasteiger partial charge in [0.2, 0.25) is 5.91 Å². The number of carbonyl (C=O) groups excluding carboxylic acids is 2. The molecule has 1 aromatic rings. The average Bonchev–Trinajstić information content (AvgIpc) is 3.15. The quantitative estimate of drug-likeness (QED) is 0.862. The SMILES string of the molecule is NC(=O)Cc1ccc(CNC(=O)N2CCCC(C3CCCC3)C2)cc1. The number of likely N-dealkylation sites (tertiary alicyclic amines) is 1. The van der Waals surface area contributed by atoms with E-state index >= 15 is 0 Å². The van der Waals surface area contributed by atoms with Gasteiger partial charge in [-0.2, -0.15) is 0 Å². The molecule has 136 valence electrons. The molecule has 1 atom stereocenters. The number of primary amides is 1. The van der Waals surface area contributed by atoms with Gasteiger partial charge in [-0.3, -0.25) is 4.79 Å². The lowest BCUT2D eigenvalue weighted by molar-refractivity contribution is -0.117. The van der Waals surface area contributed by atoms with Gasteiger partial charge >= 0.3 is 6.03 Å². The van der Waals surface area contributed by atoms with Crippen molar-refractivity contribution in [2.24, 2.45) is 17.6 Å². The first kappa shape index (κ1) is 17.8. The predicted molar refractivity (Wildman–Crippen MR) is 97.8 cm³/mol. The number of hydrogen-bond acceptors (Lipinski definition) is 2. The Morgan fingerprint density at radius 1 is 1.00 bits per heavy atom. The van der Waals surface area contributed by atoms with Gasteiger partial charge < -0.3 is 16.0 Å². The van der Waals surface area contributed by atoms with Crippen molar-refractivity contribution in [2.45, 2.75) is 51.5 Å². The van der Waals surface area contributed by atoms with E-state index in [4.69, 9.17) is 5.73 Å². The number of rotatable bonds is 5. The van der Waals surface area contributed by atoms with Gasteiger partial charge in [0.05, 0.1) is 6.42 Å². The van der Waals surface area contributed by atoms with E-state index in [9.17, 15) is 9.59 Å². The molecule has 5 nitrogen and oxygen atoms in total. The van der Waals surface area contributed by atoms with Crippen molar-refractivity contribution in [1.82, 2.24) is 10.2 Å². The number of hydrogen-bond donors (Lipinski definition) is 2. The molecule has 0 spiro atoms. The van der Waals surface area contributed by atoms with Crippen LogP contribution in [0.4, 0.5) is 4.79 Å². The van der Waals surface area contributed by atoms with Crippen LogP contribution in [0, 0.1) is 11.8 Å². The Hall–Kier alpha value is -2.04. The first-order valence-electron chi connectivity index (χ1n) is 9.50. The van der Waals surface area contributed by atoms with Crippen molar-refractivity contribution in [3.05, 3.63) is 35.4 Å². The minimum Gasteiger partial charge on any atom is -0.369 e. The molecule has 2 fully saturated rings. The molecule has 1 saturated carbocycles. The fourth-order valence-electron chi connectivity index (χ4n) is 4.27. The Labute approximate surface area is 150 Å². The first-order valence-corrected chi connectivity index (χ1v) is 9.50. The molecular weight excluding hydrogens is 314 g/mol. The third kappa shape index (κ3) is 4.97. The Morgan fingerprint density at radius 2 is 1.64 bits per heavy atom. The molecule has 1 aromatic carbocycles. The zero-order chi connectivity index (χ0) is 17.6. The molecule has 5 heteroatoms. The van der Waals surface area contributed by atoms with Gasteiger partial charge in [-0.15, -0.1) is 0 Å². The van der Waals surface area contributed by atoms with Gasteiger partial charge in [-0.25, -0.2) is 4.79 Å². The second-order valence-corrected chi connectivity index (χ2v) is 7.51. The number of carbonyl (C=O) groups is 2. The fourth-order valence-corrected chi connectivity index (χ4v) is 4.27. The van der Waals surface area contributed by atoms with E-state index in [1.54, 1.807) is 0 Å². The zero-order valence-electron chi connectivity index (χ0n) is 14.9. The van der Waals surface area contributed by atoms with Gasteiger partial charge in [-0.1, -0.05) is 49.9 Å². The number of nitrogens with one attached hydrogen (secondary N) is 1. The summed E-state index contributed by atoms with van der Waals surface area (Å²) in [4.78, 5) is 25.4. The van der Waals surface area contributed by atoms with E-state index in [1.165, 1.54) is 32.1 Å². The predicted octanol–water partition coefficient (Wildman–Crippen LogP) is 2.83. The van der Waals surface area contributed by atoms with Crippen LogP contribution < -0.4 is 11.1 Å². The van der Waals surface area contributed by atoms with E-state index in [-0.39, 0.29) is 18.4 Å². The lowest BCUT2D eigenvalue weighted by Gasteiger charge is -2.35. The van der Waals surface area contributed by atoms with Crippen molar-refractivity contribution in [2.75, 3.05) is 13.1 Å². The summed E-state index contributed by atoms with van der Waals surface area (Å²) >= 11 is 0. The third-order valence-corrected chi connectivity index (χ3v) is 5.66. The van der Waals surface area contributed by atoms with Crippen LogP contribution in [0.15, 0.2) is 24.3 Å². The molecular formula is C20H29N3O2. The second kappa shape index (κ2) is 8.37. The minimum atomic E-state index is -0.331. The number of amides is 3. The average molecular weight is 343 g/mol. The normalized spacial score (nSPS) is 21.3. The van der Waals surface area contributed by atoms with Crippen LogP contribution in [0.1, 0.15) is 49.7 Å². The largest absolute Gasteiger partial charge is 0.369 e. The topological polar surface area (TPSA) is 75.4 Å². The summed E-state index contributed by atoms with van der Waals surface area (Å²) in [5, 5.41) is 3.04. The number of benzene rings is 1. The van der Waals surface area contributed by atoms with E-state index in [0.29, 0.717) is 12.5 Å². The molecule has 1 heterocycles. The summed E-state index contributed by atoms with van der Waals surface area (Å²) in [6, 6.07) is 7.71. The summed E-state index contributed by atoms with van der Waals surface area (Å²) in [6.07, 6.45) is 8.06. The summed E-state index contributed by atoms with van der Waals surface area (Å²) in [5.74, 6) is 1.19. The monoisotopic (exact) mass is 343 g/mol. The van der Waals surface area contributed by atoms with Crippen LogP contribution in [0.25, 0.3) is 0 Å². The smallest absolute Gasteiger partial charge is 0.317 e. The van der Waals surface area contributed by atoms with Crippen LogP contribution in [0.3, 0.4) is 0 Å². The van der Waals surface area contributed by atoms with Crippen molar-refractivity contribution >= 4 is 11.9 Å². The van der Waals surface area contributed by atoms with Crippen LogP contribution >= 0.6 is 0 Å². The molecule has 1 aliphatic carbocycles. The molecule has 1 saturated heterocycles. The minimum absolute atomic E-state index is 0.0453. The Kier molecular flexibility index (Phi) is 5.95. The molecule has 0 radical (unpaired) electrons. The lowest BCUT2D eigenvalue weighted by Crippen LogP contribution is -2.46. The van der Waals surface area contributed by atoms with Gasteiger partial charge in [0.25, 0.3) is 0 Å². The van der Waals surface area contributed by atoms with Crippen molar-refractivity contribution < 1.29 is 9.59 Å². The maximum Gasteiger partial charge on any atom is 0.317 e. The van der Waals surface area contributed by atoms with Gasteiger partial charge in [0, 0.05) is 19.6 Å². The van der Waals surface area contributed by atoms with Crippen molar-refractivity contribution in [1.29, 1.82) is 0 Å². The molecule has 1 aliphatic heterocycles. The lowest BCUT2D eigenvalue weighted by atomic mass is 9.84. The third-order valence-electron chi connectivity index (χ3n) is 5.66. The van der Waals surface area contributed by atoms with Crippen LogP contribution in [-0.2, 0) is 17.8 Å². The fraction of sp³-hybridized carbons (Fsp3) is 0.600. The summed E-state index contributed by atoms with van der Waals surface area (Å²) in [5.41, 5.74) is 7.13. The molecule has 2 aliphatic rings. The zero-order valence-corrected chi connectivity index (χ0v) is 14.9. The molecule has 3 N–H and O–H groups in total. The highest BCUT2D eigenvalue weighted by Crippen LogP contribution is 2.35. The van der Waals surface area contributed by atoms with Crippen molar-refractivity contribution in [3.63, 3.8) is 0 Å². The summed E-state index contributed by atoms with van der Waals surface area (Å²) in [7, 11) is 0. The van der Waals surface area contributed by atoms with E-state index in [1.807, 2.05) is 29.2 Å². The van der Waals surface area contributed by atoms with Gasteiger partial charge in [-0.05, 0) is 35.8 Å². The summed E-state index contributed by atoms with van der Waals surface area (Å²) < 4.78 is 0. The molecule has 3 amide bonds. The Balaban J connectivity index is 1.47. The maximum absolute atomic E-state index is 12.5. The Morgan fingerprint density at radius 3 is 2.32 bits per heavy atom. The van der Waals surface area contributed by atoms with Gasteiger partial charge in [0.1, 0.15) is 0 Å². The number of urea groups is 1. The van der Waals surface area contributed by atoms with E-state index < -0.39 is 0 Å². The second-order valence-electron chi connectivity index (χ2n) is 7.51. The van der Waals surface area contributed by atoms with E-state index in [0.717, 1.165) is 36.6 Å². The molecule has 0 bridgehead atoms.